The van der Waals surface area contributed by atoms with Gasteiger partial charge in [-0.2, -0.15) is 5.10 Å². The van der Waals surface area contributed by atoms with Gasteiger partial charge in [-0.3, -0.25) is 14.7 Å². The van der Waals surface area contributed by atoms with Crippen molar-refractivity contribution in [1.82, 2.24) is 10.3 Å². The standard InChI is InChI=1S/C13H19N5O2S/c14-11(20)17-16-9-5-3-1-2-4-6-13(9)10(19)18-8-7-15-12(18)21-13/h1-8H2,(H3,14,17,20)/b16-9+. The minimum absolute atomic E-state index is 0.0654. The Hall–Kier alpha value is -1.57. The molecule has 3 aliphatic rings. The average Bonchev–Trinajstić information content (AvgIpc) is 2.97. The fourth-order valence-electron chi connectivity index (χ4n) is 3.10. The van der Waals surface area contributed by atoms with Gasteiger partial charge in [0.1, 0.15) is 4.75 Å². The van der Waals surface area contributed by atoms with E-state index in [2.05, 4.69) is 15.5 Å². The molecule has 8 heteroatoms. The number of primary amides is 1. The average molecular weight is 309 g/mol. The number of carbonyl (C=O) groups excluding carboxylic acids is 2. The summed E-state index contributed by atoms with van der Waals surface area (Å²) < 4.78 is -0.692. The SMILES string of the molecule is NC(=O)N/N=C1\CCCCCCC12SC1=NCCN1C2=O. The molecule has 1 atom stereocenters. The van der Waals surface area contributed by atoms with Crippen molar-refractivity contribution in [1.29, 1.82) is 0 Å². The molecule has 2 fully saturated rings. The van der Waals surface area contributed by atoms with E-state index in [1.165, 1.54) is 11.8 Å². The van der Waals surface area contributed by atoms with Crippen LogP contribution in [0.2, 0.25) is 0 Å². The van der Waals surface area contributed by atoms with Gasteiger partial charge in [-0.25, -0.2) is 10.2 Å². The number of hydrogen-bond acceptors (Lipinski definition) is 5. The number of amides is 3. The molecule has 1 aliphatic carbocycles. The number of nitrogens with zero attached hydrogens (tertiary/aromatic N) is 3. The van der Waals surface area contributed by atoms with Crippen LogP contribution < -0.4 is 11.2 Å². The van der Waals surface area contributed by atoms with Gasteiger partial charge in [-0.05, 0) is 19.3 Å². The molecule has 2 aliphatic heterocycles. The summed E-state index contributed by atoms with van der Waals surface area (Å²) in [5, 5.41) is 4.96. The Morgan fingerprint density at radius 2 is 2.19 bits per heavy atom. The van der Waals surface area contributed by atoms with E-state index in [4.69, 9.17) is 5.73 Å². The largest absolute Gasteiger partial charge is 0.350 e. The minimum atomic E-state index is -0.701. The lowest BCUT2D eigenvalue weighted by atomic mass is 9.87. The lowest BCUT2D eigenvalue weighted by Crippen LogP contribution is -2.47. The van der Waals surface area contributed by atoms with E-state index < -0.39 is 10.8 Å². The van der Waals surface area contributed by atoms with Gasteiger partial charge in [0, 0.05) is 6.54 Å². The third kappa shape index (κ3) is 2.52. The van der Waals surface area contributed by atoms with Crippen LogP contribution in [0.1, 0.15) is 38.5 Å². The Kier molecular flexibility index (Phi) is 3.88. The number of rotatable bonds is 1. The first-order valence-electron chi connectivity index (χ1n) is 7.31. The van der Waals surface area contributed by atoms with Crippen LogP contribution in [0.3, 0.4) is 0 Å². The van der Waals surface area contributed by atoms with Gasteiger partial charge < -0.3 is 5.73 Å². The minimum Gasteiger partial charge on any atom is -0.350 e. The van der Waals surface area contributed by atoms with Crippen LogP contribution in [-0.4, -0.2) is 45.6 Å². The van der Waals surface area contributed by atoms with Crippen molar-refractivity contribution in [2.24, 2.45) is 15.8 Å². The van der Waals surface area contributed by atoms with E-state index in [0.29, 0.717) is 19.5 Å². The van der Waals surface area contributed by atoms with Gasteiger partial charge in [-0.15, -0.1) is 0 Å². The normalized spacial score (nSPS) is 31.0. The van der Waals surface area contributed by atoms with E-state index in [0.717, 1.165) is 43.0 Å². The Balaban J connectivity index is 1.95. The second kappa shape index (κ2) is 5.67. The lowest BCUT2D eigenvalue weighted by Gasteiger charge is -2.29. The smallest absolute Gasteiger partial charge is 0.332 e. The summed E-state index contributed by atoms with van der Waals surface area (Å²) in [7, 11) is 0. The first-order chi connectivity index (χ1) is 10.1. The van der Waals surface area contributed by atoms with Crippen LogP contribution in [-0.2, 0) is 4.79 Å². The van der Waals surface area contributed by atoms with Crippen LogP contribution in [0.5, 0.6) is 0 Å². The fourth-order valence-corrected chi connectivity index (χ4v) is 4.56. The molecule has 1 unspecified atom stereocenters. The summed E-state index contributed by atoms with van der Waals surface area (Å²) in [5.74, 6) is 0.0654. The van der Waals surface area contributed by atoms with Crippen LogP contribution in [0.25, 0.3) is 0 Å². The summed E-state index contributed by atoms with van der Waals surface area (Å²) in [6.07, 6.45) is 5.65. The van der Waals surface area contributed by atoms with Gasteiger partial charge in [0.15, 0.2) is 5.17 Å². The number of hydrogen-bond donors (Lipinski definition) is 2. The fraction of sp³-hybridized carbons (Fsp3) is 0.692. The van der Waals surface area contributed by atoms with Crippen LogP contribution >= 0.6 is 11.8 Å². The van der Waals surface area contributed by atoms with Crippen molar-refractivity contribution >= 4 is 34.6 Å². The molecule has 114 valence electrons. The molecule has 2 heterocycles. The Morgan fingerprint density at radius 1 is 1.38 bits per heavy atom. The predicted molar refractivity (Wildman–Crippen MR) is 82.2 cm³/mol. The van der Waals surface area contributed by atoms with Crippen LogP contribution in [0.15, 0.2) is 10.1 Å². The maximum Gasteiger partial charge on any atom is 0.332 e. The van der Waals surface area contributed by atoms with Crippen molar-refractivity contribution in [2.45, 2.75) is 43.3 Å². The molecule has 0 aromatic rings. The third-order valence-electron chi connectivity index (χ3n) is 4.12. The number of fused-ring (bicyclic) bond motifs is 1. The number of aliphatic imine (C=N–C) groups is 1. The highest BCUT2D eigenvalue weighted by atomic mass is 32.2. The first kappa shape index (κ1) is 14.4. The topological polar surface area (TPSA) is 100 Å². The molecule has 3 amide bonds. The summed E-state index contributed by atoms with van der Waals surface area (Å²) in [4.78, 5) is 30.0. The highest BCUT2D eigenvalue weighted by Gasteiger charge is 2.55. The predicted octanol–water partition coefficient (Wildman–Crippen LogP) is 1.05. The number of amidine groups is 1. The number of thioether (sulfide) groups is 1. The molecule has 1 spiro atoms. The van der Waals surface area contributed by atoms with Crippen molar-refractivity contribution < 1.29 is 9.59 Å². The molecule has 1 saturated carbocycles. The highest BCUT2D eigenvalue weighted by Crippen LogP contribution is 2.45. The lowest BCUT2D eigenvalue weighted by molar-refractivity contribution is -0.127. The van der Waals surface area contributed by atoms with E-state index >= 15 is 0 Å². The molecule has 21 heavy (non-hydrogen) atoms. The Bertz CT molecular complexity index is 533. The molecule has 0 bridgehead atoms. The highest BCUT2D eigenvalue weighted by molar-refractivity contribution is 8.17. The third-order valence-corrected chi connectivity index (χ3v) is 5.61. The van der Waals surface area contributed by atoms with Crippen molar-refractivity contribution in [2.75, 3.05) is 13.1 Å². The zero-order valence-corrected chi connectivity index (χ0v) is 12.6. The Labute approximate surface area is 127 Å². The van der Waals surface area contributed by atoms with E-state index in [-0.39, 0.29) is 5.91 Å². The second-order valence-corrected chi connectivity index (χ2v) is 6.77. The molecule has 3 N–H and O–H groups in total. The summed E-state index contributed by atoms with van der Waals surface area (Å²) >= 11 is 1.50. The number of carbonyl (C=O) groups is 2. The maximum absolute atomic E-state index is 12.9. The zero-order chi connectivity index (χ0) is 14.9. The quantitative estimate of drug-likeness (QED) is 0.708. The number of nitrogens with one attached hydrogen (secondary N) is 1. The van der Waals surface area contributed by atoms with Gasteiger partial charge in [0.05, 0.1) is 12.3 Å². The van der Waals surface area contributed by atoms with Gasteiger partial charge >= 0.3 is 6.03 Å². The molecule has 0 aromatic carbocycles. The maximum atomic E-state index is 12.9. The van der Waals surface area contributed by atoms with E-state index in [1.807, 2.05) is 0 Å². The molecular weight excluding hydrogens is 290 g/mol. The number of nitrogens with two attached hydrogens (primary N) is 1. The van der Waals surface area contributed by atoms with Crippen LogP contribution in [0.4, 0.5) is 4.79 Å². The van der Waals surface area contributed by atoms with E-state index in [9.17, 15) is 9.59 Å². The van der Waals surface area contributed by atoms with Gasteiger partial charge in [-0.1, -0.05) is 31.0 Å². The first-order valence-corrected chi connectivity index (χ1v) is 8.13. The summed E-state index contributed by atoms with van der Waals surface area (Å²) in [5.41, 5.74) is 8.14. The van der Waals surface area contributed by atoms with Crippen LogP contribution in [0, 0.1) is 0 Å². The van der Waals surface area contributed by atoms with Crippen molar-refractivity contribution in [3.8, 4) is 0 Å². The molecule has 0 aromatic heterocycles. The van der Waals surface area contributed by atoms with Gasteiger partial charge in [0.2, 0.25) is 0 Å². The molecule has 0 radical (unpaired) electrons. The Morgan fingerprint density at radius 3 is 2.95 bits per heavy atom. The molecule has 7 nitrogen and oxygen atoms in total. The second-order valence-electron chi connectivity index (χ2n) is 5.50. The van der Waals surface area contributed by atoms with Gasteiger partial charge in [0.25, 0.3) is 5.91 Å². The summed E-state index contributed by atoms with van der Waals surface area (Å²) in [6, 6.07) is -0.701. The van der Waals surface area contributed by atoms with Crippen molar-refractivity contribution in [3.63, 3.8) is 0 Å². The monoisotopic (exact) mass is 309 g/mol. The van der Waals surface area contributed by atoms with E-state index in [1.54, 1.807) is 4.90 Å². The molecule has 3 rings (SSSR count). The molecular formula is C13H19N5O2S. The number of urea groups is 1. The number of hydrazone groups is 1. The zero-order valence-electron chi connectivity index (χ0n) is 11.8. The van der Waals surface area contributed by atoms with Crippen molar-refractivity contribution in [3.05, 3.63) is 0 Å². The summed E-state index contributed by atoms with van der Waals surface area (Å²) in [6.45, 7) is 1.33. The molecule has 1 saturated heterocycles.